The molecule has 0 saturated carbocycles. The van der Waals surface area contributed by atoms with Crippen molar-refractivity contribution in [2.45, 2.75) is 281 Å². The van der Waals surface area contributed by atoms with Crippen molar-refractivity contribution in [3.63, 3.8) is 0 Å². The second-order valence-electron chi connectivity index (χ2n) is 22.1. The minimum absolute atomic E-state index is 0. The van der Waals surface area contributed by atoms with Crippen LogP contribution in [-0.4, -0.2) is 43.8 Å². The van der Waals surface area contributed by atoms with Crippen LogP contribution >= 0.6 is 0 Å². The predicted octanol–water partition coefficient (Wildman–Crippen LogP) is 17.7. The molecular weight excluding hydrogens is 1070 g/mol. The van der Waals surface area contributed by atoms with Gasteiger partial charge >= 0.3 is 16.5 Å². The molecule has 0 bridgehead atoms. The zero-order chi connectivity index (χ0) is 60.0. The summed E-state index contributed by atoms with van der Waals surface area (Å²) in [7, 11) is 0. The van der Waals surface area contributed by atoms with Gasteiger partial charge in [-0.05, 0) is 196 Å². The summed E-state index contributed by atoms with van der Waals surface area (Å²) in [6.45, 7) is 21.6. The molecule has 0 atom stereocenters. The number of carbonyl (C=O) groups excluding carboxylic acids is 2. The van der Waals surface area contributed by atoms with E-state index in [1.54, 1.807) is 11.1 Å². The first-order valence-corrected chi connectivity index (χ1v) is 32.1. The van der Waals surface area contributed by atoms with E-state index in [1.165, 1.54) is 163 Å². The monoisotopic (exact) mass is 1170 g/mol. The fourth-order valence-corrected chi connectivity index (χ4v) is 10.6. The van der Waals surface area contributed by atoms with E-state index >= 15 is 0 Å². The van der Waals surface area contributed by atoms with Crippen LogP contribution in [0, 0.1) is 0 Å². The Kier molecular flexibility index (Phi) is 40.5. The van der Waals surface area contributed by atoms with Crippen molar-refractivity contribution in [3.05, 3.63) is 104 Å². The average Bonchev–Trinajstić information content (AvgIpc) is 3.62. The Labute approximate surface area is 507 Å². The number of phenolic OH excluding ortho intramolecular Hbond substituents is 2. The summed E-state index contributed by atoms with van der Waals surface area (Å²) >= 11 is 0. The third-order valence-electron chi connectivity index (χ3n) is 15.4. The van der Waals surface area contributed by atoms with Crippen LogP contribution in [0.2, 0.25) is 0 Å². The topological polar surface area (TPSA) is 186 Å². The number of carboxylic acid groups (broad SMARTS) is 2. The summed E-state index contributed by atoms with van der Waals surface area (Å²) < 4.78 is 0. The number of hydrogen-bond acceptors (Lipinski definition) is 10. The molecule has 0 saturated heterocycles. The molecule has 0 unspecified atom stereocenters. The number of benzene rings is 4. The number of phenols is 4. The molecule has 4 N–H and O–H groups in total. The Balaban J connectivity index is 0.000000740. The van der Waals surface area contributed by atoms with E-state index in [-0.39, 0.29) is 27.6 Å². The molecular formula is C71H108N2NiO8. The quantitative estimate of drug-likeness (QED) is 0.0148. The smallest absolute Gasteiger partial charge is 0.545 e. The van der Waals surface area contributed by atoms with Gasteiger partial charge in [-0.2, -0.15) is 0 Å². The van der Waals surface area contributed by atoms with Gasteiger partial charge in [-0.1, -0.05) is 178 Å². The maximum absolute atomic E-state index is 11.1. The molecule has 0 amide bonds. The molecule has 0 fully saturated rings. The molecule has 0 aliphatic carbocycles. The SMILES string of the molecule is CCCCCC(=Nc1ccc(CCCCC)c(CCCCC)c1)C(CCCC)=Nc1ccc(CCCCC)c(CCCCC)c1.CCCCCc1cc(O)c(O)c(C(=O)[O-])c1CC.CCCCCc1cc(O)c(O)c(C(=O)[O-])c1CC.[Ni+2]. The Hall–Kier alpha value is -5.15. The van der Waals surface area contributed by atoms with Crippen LogP contribution in [0.3, 0.4) is 0 Å². The number of rotatable bonds is 38. The van der Waals surface area contributed by atoms with Crippen molar-refractivity contribution in [3.8, 4) is 23.0 Å². The van der Waals surface area contributed by atoms with Gasteiger partial charge in [0, 0.05) is 11.1 Å². The van der Waals surface area contributed by atoms with Crippen molar-refractivity contribution in [2.24, 2.45) is 9.98 Å². The molecule has 4 aromatic rings. The minimum atomic E-state index is -1.45. The molecule has 0 aromatic heterocycles. The van der Waals surface area contributed by atoms with E-state index < -0.39 is 34.9 Å². The molecule has 11 heteroatoms. The van der Waals surface area contributed by atoms with Gasteiger partial charge in [0.25, 0.3) is 0 Å². The van der Waals surface area contributed by atoms with Crippen LogP contribution in [0.4, 0.5) is 11.4 Å². The van der Waals surface area contributed by atoms with E-state index in [4.69, 9.17) is 9.98 Å². The Bertz CT molecular complexity index is 2430. The van der Waals surface area contributed by atoms with Gasteiger partial charge in [-0.15, -0.1) is 0 Å². The predicted molar refractivity (Wildman–Crippen MR) is 337 cm³/mol. The Morgan fingerprint density at radius 3 is 0.939 bits per heavy atom. The second kappa shape index (κ2) is 44.4. The summed E-state index contributed by atoms with van der Waals surface area (Å²) in [6, 6.07) is 17.1. The van der Waals surface area contributed by atoms with E-state index in [1.807, 2.05) is 13.8 Å². The van der Waals surface area contributed by atoms with E-state index in [9.17, 15) is 40.2 Å². The summed E-state index contributed by atoms with van der Waals surface area (Å²) in [5.41, 5.74) is 12.9. The van der Waals surface area contributed by atoms with Crippen LogP contribution in [0.15, 0.2) is 58.5 Å². The number of aromatic carboxylic acids is 2. The summed E-state index contributed by atoms with van der Waals surface area (Å²) in [6.07, 6.45) is 36.6. The van der Waals surface area contributed by atoms with Crippen molar-refractivity contribution in [2.75, 3.05) is 0 Å². The molecule has 0 aliphatic rings. The molecule has 0 aliphatic heterocycles. The minimum Gasteiger partial charge on any atom is -0.545 e. The number of unbranched alkanes of at least 4 members (excludes halogenated alkanes) is 15. The van der Waals surface area contributed by atoms with Gasteiger partial charge in [0.05, 0.1) is 34.7 Å². The van der Waals surface area contributed by atoms with Crippen LogP contribution < -0.4 is 10.2 Å². The molecule has 0 spiro atoms. The van der Waals surface area contributed by atoms with Crippen molar-refractivity contribution >= 4 is 34.7 Å². The zero-order valence-electron chi connectivity index (χ0n) is 52.6. The van der Waals surface area contributed by atoms with Gasteiger partial charge in [-0.25, -0.2) is 0 Å². The number of hydrogen-bond donors (Lipinski definition) is 4. The number of aliphatic imine (C=N–C) groups is 2. The van der Waals surface area contributed by atoms with E-state index in [0.29, 0.717) is 36.8 Å². The number of carbonyl (C=O) groups is 2. The summed E-state index contributed by atoms with van der Waals surface area (Å²) in [5, 5.41) is 60.4. The number of aryl methyl sites for hydroxylation is 6. The Morgan fingerprint density at radius 1 is 0.366 bits per heavy atom. The van der Waals surface area contributed by atoms with Crippen LogP contribution in [0.5, 0.6) is 23.0 Å². The molecule has 4 aromatic carbocycles. The number of carboxylic acids is 2. The van der Waals surface area contributed by atoms with Gasteiger partial charge in [0.1, 0.15) is 0 Å². The third-order valence-corrected chi connectivity index (χ3v) is 15.4. The molecule has 0 radical (unpaired) electrons. The fraction of sp³-hybridized carbons (Fsp3) is 0.606. The van der Waals surface area contributed by atoms with Gasteiger partial charge < -0.3 is 40.2 Å². The molecule has 460 valence electrons. The maximum Gasteiger partial charge on any atom is 2.00 e. The van der Waals surface area contributed by atoms with E-state index in [2.05, 4.69) is 91.8 Å². The first-order valence-electron chi connectivity index (χ1n) is 32.1. The van der Waals surface area contributed by atoms with Crippen LogP contribution in [0.1, 0.15) is 295 Å². The molecule has 0 heterocycles. The van der Waals surface area contributed by atoms with E-state index in [0.717, 1.165) is 80.3 Å². The number of nitrogens with zero attached hydrogens (tertiary/aromatic N) is 2. The van der Waals surface area contributed by atoms with Gasteiger partial charge in [-0.3, -0.25) is 9.98 Å². The van der Waals surface area contributed by atoms with Gasteiger partial charge in [0.15, 0.2) is 23.0 Å². The van der Waals surface area contributed by atoms with Crippen LogP contribution in [0.25, 0.3) is 0 Å². The summed E-state index contributed by atoms with van der Waals surface area (Å²) in [4.78, 5) is 33.0. The maximum atomic E-state index is 11.1. The van der Waals surface area contributed by atoms with Crippen LogP contribution in [-0.2, 0) is 67.9 Å². The van der Waals surface area contributed by atoms with Crippen molar-refractivity contribution < 1.29 is 56.7 Å². The standard InChI is InChI=1S/C43H70N2.2C14H20O4.Ni/c1-7-13-19-24-36-30-32-40(34-38(36)26-21-15-9-3)44-42(28-18-12-6)43(29-23-17-11-5)45-41-33-31-37(25-20-14-8-2)39(35-41)27-22-16-10-4;2*1-3-5-6-7-9-8-11(15)13(16)12(14(17)18)10(9)4-2;/h30-35H,7-29H2,1-6H3;2*8,15-16H,3-7H2,1-2H3,(H,17,18);/q;;;+2/p-2. The first kappa shape index (κ1) is 74.9. The van der Waals surface area contributed by atoms with Gasteiger partial charge in [0.2, 0.25) is 0 Å². The Morgan fingerprint density at radius 2 is 0.646 bits per heavy atom. The zero-order valence-corrected chi connectivity index (χ0v) is 53.6. The third kappa shape index (κ3) is 26.6. The largest absolute Gasteiger partial charge is 2.00 e. The fourth-order valence-electron chi connectivity index (χ4n) is 10.6. The number of aromatic hydroxyl groups is 4. The van der Waals surface area contributed by atoms with Crippen molar-refractivity contribution in [1.82, 2.24) is 0 Å². The second-order valence-corrected chi connectivity index (χ2v) is 22.1. The first-order chi connectivity index (χ1) is 39.1. The molecule has 82 heavy (non-hydrogen) atoms. The average molecular weight is 1180 g/mol. The normalized spacial score (nSPS) is 11.4. The molecule has 4 rings (SSSR count). The summed E-state index contributed by atoms with van der Waals surface area (Å²) in [5.74, 6) is -4.86. The molecule has 10 nitrogen and oxygen atoms in total. The van der Waals surface area contributed by atoms with Crippen molar-refractivity contribution in [1.29, 1.82) is 0 Å².